The Morgan fingerprint density at radius 2 is 2.24 bits per heavy atom. The molecule has 2 aliphatic heterocycles. The summed E-state index contributed by atoms with van der Waals surface area (Å²) >= 11 is 0. The highest BCUT2D eigenvalue weighted by atomic mass is 16.5. The zero-order chi connectivity index (χ0) is 11.9. The summed E-state index contributed by atoms with van der Waals surface area (Å²) in [5.41, 5.74) is 0. The van der Waals surface area contributed by atoms with Crippen LogP contribution in [0.25, 0.3) is 0 Å². The van der Waals surface area contributed by atoms with Crippen LogP contribution >= 0.6 is 0 Å². The van der Waals surface area contributed by atoms with E-state index in [2.05, 4.69) is 17.1 Å². The molecule has 2 fully saturated rings. The third-order valence-electron chi connectivity index (χ3n) is 3.94. The second-order valence-electron chi connectivity index (χ2n) is 5.61. The number of ether oxygens (including phenoxy) is 1. The maximum Gasteiger partial charge on any atom is 0.0702 e. The lowest BCUT2D eigenvalue weighted by Gasteiger charge is -2.36. The zero-order valence-corrected chi connectivity index (χ0v) is 11.3. The molecular formula is C14H28N2O. The molecule has 2 unspecified atom stereocenters. The van der Waals surface area contributed by atoms with Crippen molar-refractivity contribution in [3.05, 3.63) is 0 Å². The van der Waals surface area contributed by atoms with Gasteiger partial charge in [-0.3, -0.25) is 0 Å². The van der Waals surface area contributed by atoms with Crippen molar-refractivity contribution in [3.8, 4) is 0 Å². The fourth-order valence-corrected chi connectivity index (χ4v) is 3.04. The molecule has 2 rings (SSSR count). The minimum atomic E-state index is 0.500. The molecular weight excluding hydrogens is 212 g/mol. The maximum absolute atomic E-state index is 5.89. The SMILES string of the molecule is CCCOC1CCCN(CC2CCCNC2)C1. The molecule has 2 aliphatic rings. The van der Waals surface area contributed by atoms with E-state index < -0.39 is 0 Å². The van der Waals surface area contributed by atoms with E-state index in [-0.39, 0.29) is 0 Å². The summed E-state index contributed by atoms with van der Waals surface area (Å²) in [5.74, 6) is 0.869. The second kappa shape index (κ2) is 7.34. The first kappa shape index (κ1) is 13.3. The normalized spacial score (nSPS) is 31.6. The molecule has 0 aliphatic carbocycles. The highest BCUT2D eigenvalue weighted by Crippen LogP contribution is 2.17. The molecule has 0 amide bonds. The van der Waals surface area contributed by atoms with Crippen LogP contribution in [0.5, 0.6) is 0 Å². The van der Waals surface area contributed by atoms with E-state index in [1.807, 2.05) is 0 Å². The van der Waals surface area contributed by atoms with Gasteiger partial charge in [-0.25, -0.2) is 0 Å². The Kier molecular flexibility index (Phi) is 5.75. The third-order valence-corrected chi connectivity index (χ3v) is 3.94. The fourth-order valence-electron chi connectivity index (χ4n) is 3.04. The molecule has 17 heavy (non-hydrogen) atoms. The van der Waals surface area contributed by atoms with Gasteiger partial charge in [0.05, 0.1) is 6.10 Å². The topological polar surface area (TPSA) is 24.5 Å². The monoisotopic (exact) mass is 240 g/mol. The third kappa shape index (κ3) is 4.57. The average Bonchev–Trinajstić information content (AvgIpc) is 2.38. The van der Waals surface area contributed by atoms with E-state index in [9.17, 15) is 0 Å². The molecule has 0 aromatic rings. The lowest BCUT2D eigenvalue weighted by atomic mass is 9.97. The number of piperidine rings is 2. The first-order valence-corrected chi connectivity index (χ1v) is 7.43. The maximum atomic E-state index is 5.89. The van der Waals surface area contributed by atoms with Crippen LogP contribution in [0.15, 0.2) is 0 Å². The summed E-state index contributed by atoms with van der Waals surface area (Å²) in [4.78, 5) is 2.63. The Labute approximate surface area is 106 Å². The molecule has 2 heterocycles. The number of rotatable bonds is 5. The molecule has 3 heteroatoms. The molecule has 1 N–H and O–H groups in total. The van der Waals surface area contributed by atoms with Gasteiger partial charge >= 0.3 is 0 Å². The molecule has 2 saturated heterocycles. The van der Waals surface area contributed by atoms with Gasteiger partial charge in [-0.1, -0.05) is 6.92 Å². The van der Waals surface area contributed by atoms with Crippen molar-refractivity contribution in [1.82, 2.24) is 10.2 Å². The molecule has 2 atom stereocenters. The Balaban J connectivity index is 1.68. The highest BCUT2D eigenvalue weighted by molar-refractivity contribution is 4.78. The first-order valence-electron chi connectivity index (χ1n) is 7.43. The predicted octanol–water partition coefficient (Wildman–Crippen LogP) is 1.88. The number of likely N-dealkylation sites (tertiary alicyclic amines) is 1. The van der Waals surface area contributed by atoms with Crippen LogP contribution in [0.4, 0.5) is 0 Å². The number of hydrogen-bond acceptors (Lipinski definition) is 3. The Bertz CT molecular complexity index is 204. The van der Waals surface area contributed by atoms with Crippen LogP contribution in [0, 0.1) is 5.92 Å². The van der Waals surface area contributed by atoms with Crippen molar-refractivity contribution >= 4 is 0 Å². The Morgan fingerprint density at radius 1 is 1.29 bits per heavy atom. The van der Waals surface area contributed by atoms with Crippen LogP contribution < -0.4 is 5.32 Å². The van der Waals surface area contributed by atoms with Gasteiger partial charge in [0.2, 0.25) is 0 Å². The van der Waals surface area contributed by atoms with Crippen molar-refractivity contribution in [1.29, 1.82) is 0 Å². The number of nitrogens with zero attached hydrogens (tertiary/aromatic N) is 1. The van der Waals surface area contributed by atoms with Crippen molar-refractivity contribution in [2.24, 2.45) is 5.92 Å². The summed E-state index contributed by atoms with van der Waals surface area (Å²) < 4.78 is 5.89. The van der Waals surface area contributed by atoms with E-state index in [1.54, 1.807) is 0 Å². The van der Waals surface area contributed by atoms with Crippen molar-refractivity contribution in [3.63, 3.8) is 0 Å². The molecule has 0 bridgehead atoms. The van der Waals surface area contributed by atoms with Crippen LogP contribution in [-0.4, -0.2) is 50.3 Å². The van der Waals surface area contributed by atoms with Crippen molar-refractivity contribution < 1.29 is 4.74 Å². The summed E-state index contributed by atoms with van der Waals surface area (Å²) in [6, 6.07) is 0. The smallest absolute Gasteiger partial charge is 0.0702 e. The summed E-state index contributed by atoms with van der Waals surface area (Å²) in [6.07, 6.45) is 6.98. The van der Waals surface area contributed by atoms with Gasteiger partial charge in [0.1, 0.15) is 0 Å². The highest BCUT2D eigenvalue weighted by Gasteiger charge is 2.23. The summed E-state index contributed by atoms with van der Waals surface area (Å²) in [6.45, 7) is 9.28. The molecule has 0 saturated carbocycles. The van der Waals surface area contributed by atoms with Gasteiger partial charge in [-0.2, -0.15) is 0 Å². The lowest BCUT2D eigenvalue weighted by Crippen LogP contribution is -2.44. The molecule has 0 radical (unpaired) electrons. The molecule has 100 valence electrons. The van der Waals surface area contributed by atoms with E-state index in [0.29, 0.717) is 6.10 Å². The van der Waals surface area contributed by atoms with Gasteiger partial charge in [0.15, 0.2) is 0 Å². The first-order chi connectivity index (χ1) is 8.38. The average molecular weight is 240 g/mol. The molecule has 0 spiro atoms. The van der Waals surface area contributed by atoms with Crippen LogP contribution in [-0.2, 0) is 4.74 Å². The summed E-state index contributed by atoms with van der Waals surface area (Å²) in [7, 11) is 0. The molecule has 0 aromatic carbocycles. The quantitative estimate of drug-likeness (QED) is 0.794. The fraction of sp³-hybridized carbons (Fsp3) is 1.00. The largest absolute Gasteiger partial charge is 0.377 e. The van der Waals surface area contributed by atoms with Crippen LogP contribution in [0.3, 0.4) is 0 Å². The lowest BCUT2D eigenvalue weighted by molar-refractivity contribution is -0.00468. The minimum absolute atomic E-state index is 0.500. The van der Waals surface area contributed by atoms with Gasteiger partial charge in [-0.15, -0.1) is 0 Å². The molecule has 0 aromatic heterocycles. The van der Waals surface area contributed by atoms with E-state index >= 15 is 0 Å². The Morgan fingerprint density at radius 3 is 3.00 bits per heavy atom. The standard InChI is InChI=1S/C14H28N2O/c1-2-9-17-14-6-4-8-16(12-14)11-13-5-3-7-15-10-13/h13-15H,2-12H2,1H3. The van der Waals surface area contributed by atoms with E-state index in [1.165, 1.54) is 51.9 Å². The van der Waals surface area contributed by atoms with Gasteiger partial charge in [0, 0.05) is 19.7 Å². The van der Waals surface area contributed by atoms with E-state index in [4.69, 9.17) is 4.74 Å². The van der Waals surface area contributed by atoms with E-state index in [0.717, 1.165) is 25.5 Å². The molecule has 3 nitrogen and oxygen atoms in total. The van der Waals surface area contributed by atoms with Crippen molar-refractivity contribution in [2.75, 3.05) is 39.3 Å². The summed E-state index contributed by atoms with van der Waals surface area (Å²) in [5, 5.41) is 3.51. The zero-order valence-electron chi connectivity index (χ0n) is 11.3. The van der Waals surface area contributed by atoms with Gasteiger partial charge in [0.25, 0.3) is 0 Å². The number of hydrogen-bond donors (Lipinski definition) is 1. The van der Waals surface area contributed by atoms with Gasteiger partial charge < -0.3 is 15.0 Å². The second-order valence-corrected chi connectivity index (χ2v) is 5.61. The Hall–Kier alpha value is -0.120. The number of nitrogens with one attached hydrogen (secondary N) is 1. The minimum Gasteiger partial charge on any atom is -0.377 e. The van der Waals surface area contributed by atoms with Gasteiger partial charge in [-0.05, 0) is 57.7 Å². The van der Waals surface area contributed by atoms with Crippen LogP contribution in [0.1, 0.15) is 39.0 Å². The predicted molar refractivity (Wildman–Crippen MR) is 71.3 cm³/mol. The van der Waals surface area contributed by atoms with Crippen LogP contribution in [0.2, 0.25) is 0 Å². The van der Waals surface area contributed by atoms with Crippen molar-refractivity contribution in [2.45, 2.75) is 45.1 Å².